The molecule has 106 valence electrons. The highest BCUT2D eigenvalue weighted by atomic mass is 35.5. The maximum atomic E-state index is 12.1. The van der Waals surface area contributed by atoms with E-state index in [2.05, 4.69) is 18.3 Å². The highest BCUT2D eigenvalue weighted by Crippen LogP contribution is 2.30. The Bertz CT molecular complexity index is 402. The zero-order valence-corrected chi connectivity index (χ0v) is 13.1. The van der Waals surface area contributed by atoms with Crippen LogP contribution in [0.15, 0.2) is 6.07 Å². The smallest absolute Gasteiger partial charge is 0.261 e. The normalized spacial score (nSPS) is 15.3. The van der Waals surface area contributed by atoms with Gasteiger partial charge in [-0.1, -0.05) is 13.3 Å². The molecule has 0 bridgehead atoms. The molecule has 0 spiro atoms. The SMILES string of the molecule is CCCC(CCCl)CNC(=O)c1cc2c(s1)CCC2. The quantitative estimate of drug-likeness (QED) is 0.757. The highest BCUT2D eigenvalue weighted by molar-refractivity contribution is 7.14. The van der Waals surface area contributed by atoms with E-state index in [1.807, 2.05) is 0 Å². The van der Waals surface area contributed by atoms with Crippen molar-refractivity contribution >= 4 is 28.8 Å². The topological polar surface area (TPSA) is 29.1 Å². The molecule has 1 heterocycles. The summed E-state index contributed by atoms with van der Waals surface area (Å²) < 4.78 is 0. The molecule has 2 rings (SSSR count). The van der Waals surface area contributed by atoms with E-state index in [9.17, 15) is 4.79 Å². The first-order valence-electron chi connectivity index (χ1n) is 7.20. The minimum atomic E-state index is 0.0927. The molecule has 1 aromatic rings. The van der Waals surface area contributed by atoms with Crippen LogP contribution < -0.4 is 5.32 Å². The molecule has 2 nitrogen and oxygen atoms in total. The Balaban J connectivity index is 1.85. The van der Waals surface area contributed by atoms with Gasteiger partial charge < -0.3 is 5.32 Å². The molecular formula is C15H22ClNOS. The van der Waals surface area contributed by atoms with Crippen LogP contribution in [0.2, 0.25) is 0 Å². The fraction of sp³-hybridized carbons (Fsp3) is 0.667. The van der Waals surface area contributed by atoms with Crippen molar-refractivity contribution in [1.82, 2.24) is 5.32 Å². The minimum Gasteiger partial charge on any atom is -0.351 e. The molecule has 4 heteroatoms. The molecule has 1 aliphatic rings. The van der Waals surface area contributed by atoms with Crippen LogP contribution in [0.4, 0.5) is 0 Å². The van der Waals surface area contributed by atoms with Crippen molar-refractivity contribution in [3.63, 3.8) is 0 Å². The number of alkyl halides is 1. The largest absolute Gasteiger partial charge is 0.351 e. The Labute approximate surface area is 124 Å². The number of hydrogen-bond donors (Lipinski definition) is 1. The zero-order chi connectivity index (χ0) is 13.7. The number of thiophene rings is 1. The van der Waals surface area contributed by atoms with Crippen molar-refractivity contribution in [1.29, 1.82) is 0 Å². The summed E-state index contributed by atoms with van der Waals surface area (Å²) in [5.74, 6) is 1.28. The molecule has 0 aromatic carbocycles. The number of carbonyl (C=O) groups is 1. The zero-order valence-electron chi connectivity index (χ0n) is 11.5. The molecule has 0 saturated carbocycles. The lowest BCUT2D eigenvalue weighted by atomic mass is 10.0. The molecule has 0 aliphatic heterocycles. The van der Waals surface area contributed by atoms with Gasteiger partial charge in [-0.05, 0) is 49.7 Å². The average Bonchev–Trinajstić information content (AvgIpc) is 2.96. The van der Waals surface area contributed by atoms with Gasteiger partial charge in [0.1, 0.15) is 0 Å². The Morgan fingerprint density at radius 2 is 2.32 bits per heavy atom. The first-order chi connectivity index (χ1) is 9.24. The third-order valence-corrected chi connectivity index (χ3v) is 5.19. The van der Waals surface area contributed by atoms with Gasteiger partial charge in [0.2, 0.25) is 0 Å². The van der Waals surface area contributed by atoms with Crippen molar-refractivity contribution in [3.05, 3.63) is 21.4 Å². The van der Waals surface area contributed by atoms with E-state index in [4.69, 9.17) is 11.6 Å². The summed E-state index contributed by atoms with van der Waals surface area (Å²) in [7, 11) is 0. The summed E-state index contributed by atoms with van der Waals surface area (Å²) in [4.78, 5) is 14.4. The van der Waals surface area contributed by atoms with Gasteiger partial charge in [0.15, 0.2) is 0 Å². The number of amides is 1. The van der Waals surface area contributed by atoms with Crippen LogP contribution in [0.3, 0.4) is 0 Å². The first kappa shape index (κ1) is 14.9. The molecular weight excluding hydrogens is 278 g/mol. The maximum Gasteiger partial charge on any atom is 0.261 e. The number of hydrogen-bond acceptors (Lipinski definition) is 2. The Morgan fingerprint density at radius 3 is 3.00 bits per heavy atom. The number of rotatable bonds is 7. The lowest BCUT2D eigenvalue weighted by Crippen LogP contribution is -2.29. The van der Waals surface area contributed by atoms with E-state index in [0.29, 0.717) is 11.8 Å². The third kappa shape index (κ3) is 3.96. The number of carbonyl (C=O) groups excluding carboxylic acids is 1. The standard InChI is InChI=1S/C15H22ClNOS/c1-2-4-11(7-8-16)10-17-15(18)14-9-12-5-3-6-13(12)19-14/h9,11H,2-8,10H2,1H3,(H,17,18). The number of aryl methyl sites for hydroxylation is 2. The van der Waals surface area contributed by atoms with E-state index in [-0.39, 0.29) is 5.91 Å². The summed E-state index contributed by atoms with van der Waals surface area (Å²) >= 11 is 7.47. The maximum absolute atomic E-state index is 12.1. The predicted molar refractivity (Wildman–Crippen MR) is 82.4 cm³/mol. The second-order valence-electron chi connectivity index (χ2n) is 5.26. The fourth-order valence-electron chi connectivity index (χ4n) is 2.68. The van der Waals surface area contributed by atoms with Crippen molar-refractivity contribution in [2.45, 2.75) is 45.4 Å². The van der Waals surface area contributed by atoms with Gasteiger partial charge in [-0.15, -0.1) is 22.9 Å². The number of fused-ring (bicyclic) bond motifs is 1. The summed E-state index contributed by atoms with van der Waals surface area (Å²) in [5, 5.41) is 3.07. The second-order valence-corrected chi connectivity index (χ2v) is 6.77. The summed E-state index contributed by atoms with van der Waals surface area (Å²) in [5.41, 5.74) is 1.39. The van der Waals surface area contributed by atoms with Gasteiger partial charge in [0, 0.05) is 17.3 Å². The van der Waals surface area contributed by atoms with Crippen molar-refractivity contribution in [2.24, 2.45) is 5.92 Å². The van der Waals surface area contributed by atoms with E-state index < -0.39 is 0 Å². The van der Waals surface area contributed by atoms with Crippen LogP contribution in [0.25, 0.3) is 0 Å². The molecule has 1 unspecified atom stereocenters. The van der Waals surface area contributed by atoms with E-state index in [1.165, 1.54) is 16.9 Å². The van der Waals surface area contributed by atoms with Crippen LogP contribution in [0, 0.1) is 5.92 Å². The monoisotopic (exact) mass is 299 g/mol. The molecule has 19 heavy (non-hydrogen) atoms. The van der Waals surface area contributed by atoms with Crippen molar-refractivity contribution < 1.29 is 4.79 Å². The summed E-state index contributed by atoms with van der Waals surface area (Å²) in [6, 6.07) is 2.08. The third-order valence-electron chi connectivity index (χ3n) is 3.74. The Morgan fingerprint density at radius 1 is 1.47 bits per heavy atom. The Kier molecular flexibility index (Phi) is 5.71. The van der Waals surface area contributed by atoms with Gasteiger partial charge in [-0.2, -0.15) is 0 Å². The van der Waals surface area contributed by atoms with E-state index in [0.717, 1.165) is 43.5 Å². The van der Waals surface area contributed by atoms with Crippen LogP contribution in [-0.2, 0) is 12.8 Å². The molecule has 1 amide bonds. The molecule has 0 radical (unpaired) electrons. The van der Waals surface area contributed by atoms with Crippen LogP contribution in [-0.4, -0.2) is 18.3 Å². The minimum absolute atomic E-state index is 0.0927. The van der Waals surface area contributed by atoms with Gasteiger partial charge in [-0.25, -0.2) is 0 Å². The van der Waals surface area contributed by atoms with E-state index in [1.54, 1.807) is 11.3 Å². The second kappa shape index (κ2) is 7.30. The van der Waals surface area contributed by atoms with Crippen LogP contribution in [0.5, 0.6) is 0 Å². The number of nitrogens with one attached hydrogen (secondary N) is 1. The summed E-state index contributed by atoms with van der Waals surface area (Å²) in [6.07, 6.45) is 6.80. The first-order valence-corrected chi connectivity index (χ1v) is 8.55. The summed E-state index contributed by atoms with van der Waals surface area (Å²) in [6.45, 7) is 2.93. The lowest BCUT2D eigenvalue weighted by Gasteiger charge is -2.15. The van der Waals surface area contributed by atoms with Gasteiger partial charge in [-0.3, -0.25) is 4.79 Å². The predicted octanol–water partition coefficient (Wildman–Crippen LogP) is 4.01. The molecule has 0 fully saturated rings. The molecule has 1 N–H and O–H groups in total. The van der Waals surface area contributed by atoms with Gasteiger partial charge in [0.05, 0.1) is 4.88 Å². The van der Waals surface area contributed by atoms with Gasteiger partial charge in [0.25, 0.3) is 5.91 Å². The molecule has 1 atom stereocenters. The molecule has 1 aliphatic carbocycles. The number of halogens is 1. The van der Waals surface area contributed by atoms with Crippen LogP contribution >= 0.6 is 22.9 Å². The fourth-order valence-corrected chi connectivity index (χ4v) is 4.15. The molecule has 0 saturated heterocycles. The van der Waals surface area contributed by atoms with E-state index >= 15 is 0 Å². The van der Waals surface area contributed by atoms with Gasteiger partial charge >= 0.3 is 0 Å². The lowest BCUT2D eigenvalue weighted by molar-refractivity contribution is 0.0950. The van der Waals surface area contributed by atoms with Crippen molar-refractivity contribution in [3.8, 4) is 0 Å². The molecule has 1 aromatic heterocycles. The van der Waals surface area contributed by atoms with Crippen LogP contribution in [0.1, 0.15) is 52.7 Å². The Hall–Kier alpha value is -0.540. The van der Waals surface area contributed by atoms with Crippen molar-refractivity contribution in [2.75, 3.05) is 12.4 Å². The average molecular weight is 300 g/mol. The highest BCUT2D eigenvalue weighted by Gasteiger charge is 2.18.